The van der Waals surface area contributed by atoms with Gasteiger partial charge in [-0.05, 0) is 24.8 Å². The van der Waals surface area contributed by atoms with E-state index in [1.165, 1.54) is 12.5 Å². The second-order valence-electron chi connectivity index (χ2n) is 4.03. The minimum atomic E-state index is -0.559. The van der Waals surface area contributed by atoms with Crippen LogP contribution >= 0.6 is 0 Å². The Bertz CT molecular complexity index is 376. The molecule has 0 aliphatic rings. The third-order valence-corrected chi connectivity index (χ3v) is 2.52. The smallest absolute Gasteiger partial charge is 0.239 e. The van der Waals surface area contributed by atoms with Gasteiger partial charge in [-0.2, -0.15) is 0 Å². The van der Waals surface area contributed by atoms with Crippen molar-refractivity contribution < 1.29 is 9.59 Å². The number of carbonyl (C=O) groups is 2. The Hall–Kier alpha value is -1.84. The van der Waals surface area contributed by atoms with Crippen molar-refractivity contribution in [2.24, 2.45) is 5.73 Å². The van der Waals surface area contributed by atoms with Crippen molar-refractivity contribution in [2.75, 3.05) is 0 Å². The number of aryl methyl sites for hydroxylation is 1. The maximum absolute atomic E-state index is 11.1. The maximum atomic E-state index is 11.1. The van der Waals surface area contributed by atoms with Gasteiger partial charge in [0, 0.05) is 6.92 Å². The number of nitrogens with one attached hydrogen (secondary N) is 1. The Morgan fingerprint density at radius 1 is 1.29 bits per heavy atom. The number of nitrogens with two attached hydrogens (primary N) is 1. The summed E-state index contributed by atoms with van der Waals surface area (Å²) in [5.41, 5.74) is 6.43. The van der Waals surface area contributed by atoms with Crippen LogP contribution in [0.5, 0.6) is 0 Å². The molecule has 0 bridgehead atoms. The molecule has 0 fully saturated rings. The minimum absolute atomic E-state index is 0.228. The Kier molecular flexibility index (Phi) is 5.20. The van der Waals surface area contributed by atoms with Crippen molar-refractivity contribution in [1.82, 2.24) is 5.32 Å². The molecule has 1 aromatic carbocycles. The SMILES string of the molecule is CC(=O)N[C@@H](CCCc1ccccc1)C(N)=O. The molecule has 3 N–H and O–H groups in total. The fraction of sp³-hybridized carbons (Fsp3) is 0.385. The van der Waals surface area contributed by atoms with Crippen LogP contribution in [-0.4, -0.2) is 17.9 Å². The van der Waals surface area contributed by atoms with E-state index in [4.69, 9.17) is 5.73 Å². The monoisotopic (exact) mass is 234 g/mol. The molecule has 1 atom stereocenters. The lowest BCUT2D eigenvalue weighted by atomic mass is 10.0. The van der Waals surface area contributed by atoms with Crippen LogP contribution in [0.2, 0.25) is 0 Å². The van der Waals surface area contributed by atoms with Crippen LogP contribution in [0, 0.1) is 0 Å². The number of carbonyl (C=O) groups excluding carboxylic acids is 2. The van der Waals surface area contributed by atoms with Crippen LogP contribution in [0.3, 0.4) is 0 Å². The van der Waals surface area contributed by atoms with E-state index in [1.807, 2.05) is 30.3 Å². The zero-order valence-corrected chi connectivity index (χ0v) is 9.98. The number of hydrogen-bond donors (Lipinski definition) is 2. The van der Waals surface area contributed by atoms with Crippen LogP contribution in [0.15, 0.2) is 30.3 Å². The fourth-order valence-corrected chi connectivity index (χ4v) is 1.69. The lowest BCUT2D eigenvalue weighted by Gasteiger charge is -2.13. The van der Waals surface area contributed by atoms with Gasteiger partial charge in [0.25, 0.3) is 0 Å². The lowest BCUT2D eigenvalue weighted by molar-refractivity contribution is -0.126. The van der Waals surface area contributed by atoms with Gasteiger partial charge in [0.2, 0.25) is 11.8 Å². The Balaban J connectivity index is 2.37. The second kappa shape index (κ2) is 6.68. The second-order valence-corrected chi connectivity index (χ2v) is 4.03. The Morgan fingerprint density at radius 3 is 2.47 bits per heavy atom. The average molecular weight is 234 g/mol. The largest absolute Gasteiger partial charge is 0.368 e. The summed E-state index contributed by atoms with van der Waals surface area (Å²) >= 11 is 0. The number of benzene rings is 1. The normalized spacial score (nSPS) is 11.8. The molecule has 0 spiro atoms. The van der Waals surface area contributed by atoms with Crippen molar-refractivity contribution in [3.8, 4) is 0 Å². The van der Waals surface area contributed by atoms with Gasteiger partial charge in [-0.1, -0.05) is 30.3 Å². The molecule has 4 heteroatoms. The van der Waals surface area contributed by atoms with Crippen molar-refractivity contribution in [2.45, 2.75) is 32.2 Å². The van der Waals surface area contributed by atoms with Crippen LogP contribution in [0.25, 0.3) is 0 Å². The van der Waals surface area contributed by atoms with Crippen molar-refractivity contribution in [1.29, 1.82) is 0 Å². The fourth-order valence-electron chi connectivity index (χ4n) is 1.69. The van der Waals surface area contributed by atoms with Gasteiger partial charge in [-0.3, -0.25) is 9.59 Å². The summed E-state index contributed by atoms with van der Waals surface area (Å²) in [4.78, 5) is 22.0. The predicted molar refractivity (Wildman–Crippen MR) is 66.2 cm³/mol. The van der Waals surface area contributed by atoms with E-state index in [0.29, 0.717) is 6.42 Å². The summed E-state index contributed by atoms with van der Waals surface area (Å²) in [7, 11) is 0. The molecule has 17 heavy (non-hydrogen) atoms. The molecule has 0 heterocycles. The van der Waals surface area contributed by atoms with Crippen molar-refractivity contribution in [3.63, 3.8) is 0 Å². The van der Waals surface area contributed by atoms with E-state index in [-0.39, 0.29) is 5.91 Å². The van der Waals surface area contributed by atoms with Crippen LogP contribution in [-0.2, 0) is 16.0 Å². The summed E-state index contributed by atoms with van der Waals surface area (Å²) in [6, 6.07) is 9.45. The summed E-state index contributed by atoms with van der Waals surface area (Å²) in [6.07, 6.45) is 2.27. The molecule has 1 aromatic rings. The van der Waals surface area contributed by atoms with Gasteiger partial charge in [-0.25, -0.2) is 0 Å². The standard InChI is InChI=1S/C13H18N2O2/c1-10(16)15-12(13(14)17)9-5-8-11-6-3-2-4-7-11/h2-4,6-7,12H,5,8-9H2,1H3,(H2,14,17)(H,15,16)/t12-/m0/s1. The molecule has 0 aliphatic heterocycles. The topological polar surface area (TPSA) is 72.2 Å². The first-order chi connectivity index (χ1) is 8.09. The first-order valence-electron chi connectivity index (χ1n) is 5.70. The first kappa shape index (κ1) is 13.2. The minimum Gasteiger partial charge on any atom is -0.368 e. The molecule has 0 saturated heterocycles. The molecular formula is C13H18N2O2. The Labute approximate surface area is 101 Å². The van der Waals surface area contributed by atoms with Crippen molar-refractivity contribution in [3.05, 3.63) is 35.9 Å². The summed E-state index contributed by atoms with van der Waals surface area (Å²) in [6.45, 7) is 1.38. The third kappa shape index (κ3) is 5.15. The van der Waals surface area contributed by atoms with Gasteiger partial charge in [0.05, 0.1) is 0 Å². The summed E-state index contributed by atoms with van der Waals surface area (Å²) < 4.78 is 0. The summed E-state index contributed by atoms with van der Waals surface area (Å²) in [5, 5.41) is 2.55. The predicted octanol–water partition coefficient (Wildman–Crippen LogP) is 0.999. The Morgan fingerprint density at radius 2 is 1.94 bits per heavy atom. The van der Waals surface area contributed by atoms with Crippen LogP contribution < -0.4 is 11.1 Å². The van der Waals surface area contributed by atoms with Crippen molar-refractivity contribution >= 4 is 11.8 Å². The highest BCUT2D eigenvalue weighted by Crippen LogP contribution is 2.06. The van der Waals surface area contributed by atoms with E-state index >= 15 is 0 Å². The molecule has 0 unspecified atom stereocenters. The molecule has 0 radical (unpaired) electrons. The van der Waals surface area contributed by atoms with E-state index in [2.05, 4.69) is 5.32 Å². The zero-order chi connectivity index (χ0) is 12.7. The van der Waals surface area contributed by atoms with E-state index < -0.39 is 11.9 Å². The van der Waals surface area contributed by atoms with Crippen LogP contribution in [0.1, 0.15) is 25.3 Å². The summed E-state index contributed by atoms with van der Waals surface area (Å²) in [5.74, 6) is -0.707. The van der Waals surface area contributed by atoms with Gasteiger partial charge in [0.1, 0.15) is 6.04 Å². The molecule has 0 saturated carbocycles. The molecule has 92 valence electrons. The van der Waals surface area contributed by atoms with E-state index in [0.717, 1.165) is 12.8 Å². The average Bonchev–Trinajstić information content (AvgIpc) is 2.28. The molecule has 4 nitrogen and oxygen atoms in total. The number of rotatable bonds is 6. The van der Waals surface area contributed by atoms with Gasteiger partial charge >= 0.3 is 0 Å². The van der Waals surface area contributed by atoms with Gasteiger partial charge in [-0.15, -0.1) is 0 Å². The highest BCUT2D eigenvalue weighted by molar-refractivity contribution is 5.85. The lowest BCUT2D eigenvalue weighted by Crippen LogP contribution is -2.43. The molecule has 0 aliphatic carbocycles. The first-order valence-corrected chi connectivity index (χ1v) is 5.70. The van der Waals surface area contributed by atoms with Gasteiger partial charge < -0.3 is 11.1 Å². The molecule has 2 amide bonds. The maximum Gasteiger partial charge on any atom is 0.239 e. The van der Waals surface area contributed by atoms with E-state index in [1.54, 1.807) is 0 Å². The molecule has 1 rings (SSSR count). The van der Waals surface area contributed by atoms with E-state index in [9.17, 15) is 9.59 Å². The zero-order valence-electron chi connectivity index (χ0n) is 9.98. The van der Waals surface area contributed by atoms with Crippen LogP contribution in [0.4, 0.5) is 0 Å². The highest BCUT2D eigenvalue weighted by Gasteiger charge is 2.15. The van der Waals surface area contributed by atoms with Gasteiger partial charge in [0.15, 0.2) is 0 Å². The molecular weight excluding hydrogens is 216 g/mol. The number of hydrogen-bond acceptors (Lipinski definition) is 2. The third-order valence-electron chi connectivity index (χ3n) is 2.52. The number of primary amides is 1. The highest BCUT2D eigenvalue weighted by atomic mass is 16.2. The number of amides is 2. The quantitative estimate of drug-likeness (QED) is 0.770. The molecule has 0 aromatic heterocycles.